The minimum Gasteiger partial charge on any atom is -0.454 e. The average Bonchev–Trinajstić information content (AvgIpc) is 2.93. The quantitative estimate of drug-likeness (QED) is 0.488. The Morgan fingerprint density at radius 2 is 1.45 bits per heavy atom. The van der Waals surface area contributed by atoms with Crippen molar-refractivity contribution in [3.63, 3.8) is 0 Å². The van der Waals surface area contributed by atoms with Crippen molar-refractivity contribution in [1.29, 1.82) is 0 Å². The molecule has 0 spiro atoms. The fraction of sp³-hybridized carbons (Fsp3) is 0.0500. The normalized spacial score (nSPS) is 11.0. The molecular formula is C20H15NO. The van der Waals surface area contributed by atoms with Crippen molar-refractivity contribution in [2.75, 3.05) is 0 Å². The van der Waals surface area contributed by atoms with Crippen molar-refractivity contribution in [1.82, 2.24) is 4.98 Å². The molecule has 2 heterocycles. The van der Waals surface area contributed by atoms with E-state index in [4.69, 9.17) is 4.42 Å². The van der Waals surface area contributed by atoms with Crippen LogP contribution in [-0.2, 0) is 0 Å². The summed E-state index contributed by atoms with van der Waals surface area (Å²) in [5, 5.41) is 1.12. The lowest BCUT2D eigenvalue weighted by atomic mass is 10.1. The lowest BCUT2D eigenvalue weighted by molar-refractivity contribution is 0.627. The Kier molecular flexibility index (Phi) is 3.01. The summed E-state index contributed by atoms with van der Waals surface area (Å²) in [5.41, 5.74) is 5.16. The Labute approximate surface area is 129 Å². The highest BCUT2D eigenvalue weighted by atomic mass is 16.3. The molecule has 0 saturated heterocycles. The predicted octanol–water partition coefficient (Wildman–Crippen LogP) is 5.47. The Morgan fingerprint density at radius 1 is 0.818 bits per heavy atom. The molecule has 0 aliphatic carbocycles. The Hall–Kier alpha value is -2.87. The van der Waals surface area contributed by atoms with Crippen molar-refractivity contribution >= 4 is 11.0 Å². The number of nitrogens with zero attached hydrogens (tertiary/aromatic N) is 1. The summed E-state index contributed by atoms with van der Waals surface area (Å²) in [6.45, 7) is 2.10. The highest BCUT2D eigenvalue weighted by Crippen LogP contribution is 2.34. The summed E-state index contributed by atoms with van der Waals surface area (Å²) < 4.78 is 6.01. The molecule has 106 valence electrons. The van der Waals surface area contributed by atoms with Crippen LogP contribution in [0.15, 0.2) is 77.3 Å². The fourth-order valence-electron chi connectivity index (χ4n) is 2.76. The maximum absolute atomic E-state index is 6.01. The van der Waals surface area contributed by atoms with Gasteiger partial charge in [0.25, 0.3) is 0 Å². The Bertz CT molecular complexity index is 924. The van der Waals surface area contributed by atoms with Crippen LogP contribution in [0, 0.1) is 6.92 Å². The maximum atomic E-state index is 6.01. The summed E-state index contributed by atoms with van der Waals surface area (Å²) in [6, 6.07) is 22.5. The van der Waals surface area contributed by atoms with Crippen LogP contribution in [0.4, 0.5) is 0 Å². The topological polar surface area (TPSA) is 26.0 Å². The molecule has 0 aliphatic rings. The predicted molar refractivity (Wildman–Crippen MR) is 89.6 cm³/mol. The van der Waals surface area contributed by atoms with Gasteiger partial charge in [-0.3, -0.25) is 4.98 Å². The van der Waals surface area contributed by atoms with Crippen LogP contribution in [0.2, 0.25) is 0 Å². The molecule has 4 rings (SSSR count). The van der Waals surface area contributed by atoms with Gasteiger partial charge in [-0.1, -0.05) is 60.7 Å². The molecule has 2 aromatic carbocycles. The van der Waals surface area contributed by atoms with Crippen LogP contribution in [0.3, 0.4) is 0 Å². The lowest BCUT2D eigenvalue weighted by Crippen LogP contribution is -1.82. The Balaban J connectivity index is 1.89. The van der Waals surface area contributed by atoms with Crippen molar-refractivity contribution in [2.45, 2.75) is 6.92 Å². The minimum absolute atomic E-state index is 0.830. The maximum Gasteiger partial charge on any atom is 0.153 e. The van der Waals surface area contributed by atoms with Crippen LogP contribution in [0.5, 0.6) is 0 Å². The molecule has 0 saturated carbocycles. The SMILES string of the molecule is Cc1c(-c2ccccc2)oc2cnc(-c3ccccc3)cc12. The second-order valence-corrected chi connectivity index (χ2v) is 5.35. The van der Waals surface area contributed by atoms with E-state index in [2.05, 4.69) is 42.2 Å². The van der Waals surface area contributed by atoms with Crippen LogP contribution in [0.25, 0.3) is 33.6 Å². The van der Waals surface area contributed by atoms with Gasteiger partial charge in [-0.15, -0.1) is 0 Å². The molecule has 0 unspecified atom stereocenters. The molecule has 0 bridgehead atoms. The van der Waals surface area contributed by atoms with E-state index in [1.165, 1.54) is 0 Å². The third-order valence-electron chi connectivity index (χ3n) is 3.93. The molecule has 0 amide bonds. The van der Waals surface area contributed by atoms with Crippen molar-refractivity contribution in [3.8, 4) is 22.6 Å². The van der Waals surface area contributed by atoms with E-state index in [0.29, 0.717) is 0 Å². The van der Waals surface area contributed by atoms with Gasteiger partial charge in [0, 0.05) is 22.1 Å². The summed E-state index contributed by atoms with van der Waals surface area (Å²) in [5.74, 6) is 0.919. The van der Waals surface area contributed by atoms with Gasteiger partial charge in [0.2, 0.25) is 0 Å². The van der Waals surface area contributed by atoms with Crippen LogP contribution >= 0.6 is 0 Å². The number of hydrogen-bond acceptors (Lipinski definition) is 2. The number of fused-ring (bicyclic) bond motifs is 1. The first-order valence-corrected chi connectivity index (χ1v) is 7.33. The first-order valence-electron chi connectivity index (χ1n) is 7.33. The number of furan rings is 1. The molecule has 0 radical (unpaired) electrons. The summed E-state index contributed by atoms with van der Waals surface area (Å²) in [4.78, 5) is 4.53. The van der Waals surface area contributed by atoms with Crippen molar-refractivity contribution < 1.29 is 4.42 Å². The second kappa shape index (κ2) is 5.15. The minimum atomic E-state index is 0.830. The second-order valence-electron chi connectivity index (χ2n) is 5.35. The molecule has 2 heteroatoms. The zero-order chi connectivity index (χ0) is 14.9. The zero-order valence-corrected chi connectivity index (χ0v) is 12.3. The third kappa shape index (κ3) is 2.09. The van der Waals surface area contributed by atoms with Gasteiger partial charge in [0.1, 0.15) is 5.76 Å². The third-order valence-corrected chi connectivity index (χ3v) is 3.93. The van der Waals surface area contributed by atoms with E-state index >= 15 is 0 Å². The number of pyridine rings is 1. The molecule has 0 N–H and O–H groups in total. The van der Waals surface area contributed by atoms with E-state index < -0.39 is 0 Å². The monoisotopic (exact) mass is 285 g/mol. The molecule has 4 aromatic rings. The highest BCUT2D eigenvalue weighted by molar-refractivity contribution is 5.89. The summed E-state index contributed by atoms with van der Waals surface area (Å²) in [7, 11) is 0. The number of rotatable bonds is 2. The Morgan fingerprint density at radius 3 is 2.14 bits per heavy atom. The van der Waals surface area contributed by atoms with Gasteiger partial charge >= 0.3 is 0 Å². The standard InChI is InChI=1S/C20H15NO/c1-14-17-12-18(15-8-4-2-5-9-15)21-13-19(17)22-20(14)16-10-6-3-7-11-16/h2-13H,1H3. The van der Waals surface area contributed by atoms with E-state index in [1.807, 2.05) is 42.6 Å². The van der Waals surface area contributed by atoms with Crippen LogP contribution < -0.4 is 0 Å². The number of aromatic nitrogens is 1. The zero-order valence-electron chi connectivity index (χ0n) is 12.3. The summed E-state index contributed by atoms with van der Waals surface area (Å²) in [6.07, 6.45) is 1.82. The van der Waals surface area contributed by atoms with Crippen molar-refractivity contribution in [3.05, 3.63) is 78.5 Å². The van der Waals surface area contributed by atoms with Gasteiger partial charge in [-0.05, 0) is 13.0 Å². The molecule has 0 atom stereocenters. The van der Waals surface area contributed by atoms with Gasteiger partial charge in [0.05, 0.1) is 11.9 Å². The molecule has 0 fully saturated rings. The van der Waals surface area contributed by atoms with E-state index in [-0.39, 0.29) is 0 Å². The number of aryl methyl sites for hydroxylation is 1. The first kappa shape index (κ1) is 12.8. The molecule has 0 aliphatic heterocycles. The number of hydrogen-bond donors (Lipinski definition) is 0. The smallest absolute Gasteiger partial charge is 0.153 e. The average molecular weight is 285 g/mol. The van der Waals surface area contributed by atoms with E-state index in [9.17, 15) is 0 Å². The van der Waals surface area contributed by atoms with Crippen molar-refractivity contribution in [2.24, 2.45) is 0 Å². The fourth-order valence-corrected chi connectivity index (χ4v) is 2.76. The molecule has 2 nitrogen and oxygen atoms in total. The van der Waals surface area contributed by atoms with Gasteiger partial charge in [0.15, 0.2) is 5.58 Å². The molecular weight excluding hydrogens is 270 g/mol. The molecule has 2 aromatic heterocycles. The molecule has 22 heavy (non-hydrogen) atoms. The highest BCUT2D eigenvalue weighted by Gasteiger charge is 2.13. The number of benzene rings is 2. The largest absolute Gasteiger partial charge is 0.454 e. The van der Waals surface area contributed by atoms with Crippen LogP contribution in [-0.4, -0.2) is 4.98 Å². The van der Waals surface area contributed by atoms with E-state index in [0.717, 1.165) is 39.1 Å². The van der Waals surface area contributed by atoms with Crippen LogP contribution in [0.1, 0.15) is 5.56 Å². The van der Waals surface area contributed by atoms with Gasteiger partial charge in [-0.25, -0.2) is 0 Å². The lowest BCUT2D eigenvalue weighted by Gasteiger charge is -2.00. The first-order chi connectivity index (χ1) is 10.8. The van der Waals surface area contributed by atoms with Gasteiger partial charge in [-0.2, -0.15) is 0 Å². The summed E-state index contributed by atoms with van der Waals surface area (Å²) >= 11 is 0. The van der Waals surface area contributed by atoms with E-state index in [1.54, 1.807) is 0 Å². The van der Waals surface area contributed by atoms with Gasteiger partial charge < -0.3 is 4.42 Å².